The van der Waals surface area contributed by atoms with Crippen LogP contribution in [0.2, 0.25) is 0 Å². The molecule has 2 aliphatic rings. The standard InChI is InChI=1S/C13H22N4/c1-2-17-7-6-15-13(17)10-16-8-11-4-3-5-14-12(11)9-16/h6-7,11-12,14H,2-5,8-10H2,1H3/t11-,12+/m0/s1. The van der Waals surface area contributed by atoms with E-state index in [1.165, 1.54) is 38.3 Å². The minimum atomic E-state index is 0.730. The minimum absolute atomic E-state index is 0.730. The number of aryl methyl sites for hydroxylation is 1. The zero-order valence-corrected chi connectivity index (χ0v) is 10.6. The van der Waals surface area contributed by atoms with Gasteiger partial charge in [0.05, 0.1) is 6.54 Å². The predicted molar refractivity (Wildman–Crippen MR) is 67.7 cm³/mol. The van der Waals surface area contributed by atoms with Gasteiger partial charge in [-0.3, -0.25) is 4.90 Å². The number of aromatic nitrogens is 2. The quantitative estimate of drug-likeness (QED) is 0.850. The second-order valence-corrected chi connectivity index (χ2v) is 5.29. The minimum Gasteiger partial charge on any atom is -0.334 e. The summed E-state index contributed by atoms with van der Waals surface area (Å²) in [5, 5.41) is 3.65. The first-order valence-electron chi connectivity index (χ1n) is 6.82. The summed E-state index contributed by atoms with van der Waals surface area (Å²) in [6, 6.07) is 0.730. The van der Waals surface area contributed by atoms with Crippen LogP contribution in [0.25, 0.3) is 0 Å². The molecule has 3 heterocycles. The summed E-state index contributed by atoms with van der Waals surface area (Å²) in [4.78, 5) is 7.03. The summed E-state index contributed by atoms with van der Waals surface area (Å²) >= 11 is 0. The number of imidazole rings is 1. The lowest BCUT2D eigenvalue weighted by atomic mass is 9.94. The summed E-state index contributed by atoms with van der Waals surface area (Å²) in [6.45, 7) is 7.86. The normalized spacial score (nSPS) is 29.5. The van der Waals surface area contributed by atoms with E-state index in [2.05, 4.69) is 32.9 Å². The lowest BCUT2D eigenvalue weighted by Gasteiger charge is -2.24. The molecule has 2 aliphatic heterocycles. The first-order valence-corrected chi connectivity index (χ1v) is 6.82. The summed E-state index contributed by atoms with van der Waals surface area (Å²) < 4.78 is 2.25. The summed E-state index contributed by atoms with van der Waals surface area (Å²) in [5.74, 6) is 2.08. The molecule has 94 valence electrons. The number of rotatable bonds is 3. The van der Waals surface area contributed by atoms with Gasteiger partial charge in [0.2, 0.25) is 0 Å². The van der Waals surface area contributed by atoms with E-state index in [0.29, 0.717) is 0 Å². The molecule has 3 rings (SSSR count). The highest BCUT2D eigenvalue weighted by molar-refractivity contribution is 4.97. The fourth-order valence-electron chi connectivity index (χ4n) is 3.24. The van der Waals surface area contributed by atoms with Crippen molar-refractivity contribution in [3.05, 3.63) is 18.2 Å². The van der Waals surface area contributed by atoms with E-state index in [9.17, 15) is 0 Å². The second kappa shape index (κ2) is 4.78. The molecule has 0 aromatic carbocycles. The van der Waals surface area contributed by atoms with Crippen molar-refractivity contribution in [3.8, 4) is 0 Å². The van der Waals surface area contributed by atoms with E-state index in [-0.39, 0.29) is 0 Å². The van der Waals surface area contributed by atoms with Crippen molar-refractivity contribution in [1.82, 2.24) is 19.8 Å². The van der Waals surface area contributed by atoms with Crippen molar-refractivity contribution >= 4 is 0 Å². The molecule has 0 bridgehead atoms. The van der Waals surface area contributed by atoms with Crippen LogP contribution in [0.1, 0.15) is 25.6 Å². The van der Waals surface area contributed by atoms with Crippen LogP contribution in [-0.4, -0.2) is 40.1 Å². The van der Waals surface area contributed by atoms with Crippen LogP contribution in [0.3, 0.4) is 0 Å². The Bertz CT molecular complexity index is 359. The van der Waals surface area contributed by atoms with Crippen LogP contribution in [0, 0.1) is 5.92 Å². The van der Waals surface area contributed by atoms with Crippen LogP contribution in [-0.2, 0) is 13.1 Å². The molecule has 0 saturated carbocycles. The third kappa shape index (κ3) is 2.24. The Kier molecular flexibility index (Phi) is 3.16. The largest absolute Gasteiger partial charge is 0.334 e. The van der Waals surface area contributed by atoms with Crippen molar-refractivity contribution in [3.63, 3.8) is 0 Å². The maximum absolute atomic E-state index is 4.47. The van der Waals surface area contributed by atoms with E-state index in [0.717, 1.165) is 25.0 Å². The Hall–Kier alpha value is -0.870. The van der Waals surface area contributed by atoms with Gasteiger partial charge < -0.3 is 9.88 Å². The zero-order valence-electron chi connectivity index (χ0n) is 10.6. The molecule has 17 heavy (non-hydrogen) atoms. The number of piperidine rings is 1. The monoisotopic (exact) mass is 234 g/mol. The molecule has 0 aliphatic carbocycles. The number of likely N-dealkylation sites (tertiary alicyclic amines) is 1. The van der Waals surface area contributed by atoms with E-state index in [1.807, 2.05) is 6.20 Å². The SMILES string of the molecule is CCn1ccnc1CN1C[C@@H]2CCCN[C@@H]2C1. The molecule has 2 saturated heterocycles. The highest BCUT2D eigenvalue weighted by Crippen LogP contribution is 2.25. The van der Waals surface area contributed by atoms with Crippen molar-refractivity contribution < 1.29 is 0 Å². The maximum atomic E-state index is 4.47. The Morgan fingerprint density at radius 2 is 2.41 bits per heavy atom. The van der Waals surface area contributed by atoms with E-state index in [1.54, 1.807) is 0 Å². The van der Waals surface area contributed by atoms with Crippen molar-refractivity contribution in [2.45, 2.75) is 38.9 Å². The van der Waals surface area contributed by atoms with Gasteiger partial charge >= 0.3 is 0 Å². The van der Waals surface area contributed by atoms with Gasteiger partial charge in [0.25, 0.3) is 0 Å². The van der Waals surface area contributed by atoms with Crippen molar-refractivity contribution in [2.75, 3.05) is 19.6 Å². The number of nitrogens with one attached hydrogen (secondary N) is 1. The van der Waals surface area contributed by atoms with Crippen LogP contribution in [0.4, 0.5) is 0 Å². The van der Waals surface area contributed by atoms with Crippen molar-refractivity contribution in [2.24, 2.45) is 5.92 Å². The van der Waals surface area contributed by atoms with Gasteiger partial charge in [-0.25, -0.2) is 4.98 Å². The molecular formula is C13H22N4. The smallest absolute Gasteiger partial charge is 0.122 e. The van der Waals surface area contributed by atoms with Gasteiger partial charge in [0.15, 0.2) is 0 Å². The highest BCUT2D eigenvalue weighted by Gasteiger charge is 2.34. The Labute approximate surface area is 103 Å². The molecule has 0 radical (unpaired) electrons. The maximum Gasteiger partial charge on any atom is 0.122 e. The summed E-state index contributed by atoms with van der Waals surface area (Å²) in [6.07, 6.45) is 6.74. The molecule has 1 aromatic heterocycles. The van der Waals surface area contributed by atoms with E-state index in [4.69, 9.17) is 0 Å². The van der Waals surface area contributed by atoms with Gasteiger partial charge in [-0.1, -0.05) is 0 Å². The zero-order chi connectivity index (χ0) is 11.7. The first-order chi connectivity index (χ1) is 8.36. The number of fused-ring (bicyclic) bond motifs is 1. The number of nitrogens with zero attached hydrogens (tertiary/aromatic N) is 3. The molecule has 2 fully saturated rings. The average molecular weight is 234 g/mol. The van der Waals surface area contributed by atoms with Gasteiger partial charge in [-0.05, 0) is 32.2 Å². The first kappa shape index (κ1) is 11.2. The highest BCUT2D eigenvalue weighted by atomic mass is 15.2. The molecule has 0 amide bonds. The van der Waals surface area contributed by atoms with E-state index >= 15 is 0 Å². The molecule has 2 atom stereocenters. The lowest BCUT2D eigenvalue weighted by molar-refractivity contribution is 0.301. The van der Waals surface area contributed by atoms with Crippen LogP contribution in [0.5, 0.6) is 0 Å². The van der Waals surface area contributed by atoms with Gasteiger partial charge in [0.1, 0.15) is 5.82 Å². The fourth-order valence-corrected chi connectivity index (χ4v) is 3.24. The molecule has 1 aromatic rings. The average Bonchev–Trinajstić information content (AvgIpc) is 2.94. The predicted octanol–water partition coefficient (Wildman–Crippen LogP) is 1.09. The Morgan fingerprint density at radius 3 is 3.24 bits per heavy atom. The van der Waals surface area contributed by atoms with Gasteiger partial charge in [-0.2, -0.15) is 0 Å². The third-order valence-electron chi connectivity index (χ3n) is 4.18. The Balaban J connectivity index is 1.63. The molecule has 4 heteroatoms. The number of hydrogen-bond donors (Lipinski definition) is 1. The molecule has 1 N–H and O–H groups in total. The third-order valence-corrected chi connectivity index (χ3v) is 4.18. The summed E-state index contributed by atoms with van der Waals surface area (Å²) in [5.41, 5.74) is 0. The van der Waals surface area contributed by atoms with Crippen LogP contribution in [0.15, 0.2) is 12.4 Å². The number of hydrogen-bond acceptors (Lipinski definition) is 3. The van der Waals surface area contributed by atoms with Crippen LogP contribution >= 0.6 is 0 Å². The lowest BCUT2D eigenvalue weighted by Crippen LogP contribution is -2.40. The molecule has 0 unspecified atom stereocenters. The molecule has 4 nitrogen and oxygen atoms in total. The molecule has 0 spiro atoms. The second-order valence-electron chi connectivity index (χ2n) is 5.29. The van der Waals surface area contributed by atoms with Gasteiger partial charge in [-0.15, -0.1) is 0 Å². The van der Waals surface area contributed by atoms with E-state index < -0.39 is 0 Å². The Morgan fingerprint density at radius 1 is 1.47 bits per heavy atom. The van der Waals surface area contributed by atoms with Gasteiger partial charge in [0, 0.05) is 38.1 Å². The fraction of sp³-hybridized carbons (Fsp3) is 0.769. The summed E-state index contributed by atoms with van der Waals surface area (Å²) in [7, 11) is 0. The topological polar surface area (TPSA) is 33.1 Å². The van der Waals surface area contributed by atoms with Crippen molar-refractivity contribution in [1.29, 1.82) is 0 Å². The van der Waals surface area contributed by atoms with Crippen LogP contribution < -0.4 is 5.32 Å². The molecular weight excluding hydrogens is 212 g/mol.